The number of benzene rings is 2. The molecular formula is C16H14N2O4. The number of amides is 1. The summed E-state index contributed by atoms with van der Waals surface area (Å²) in [7, 11) is 0. The van der Waals surface area contributed by atoms with Crippen LogP contribution >= 0.6 is 0 Å². The lowest BCUT2D eigenvalue weighted by Crippen LogP contribution is -2.37. The van der Waals surface area contributed by atoms with Crippen LogP contribution in [0.25, 0.3) is 0 Å². The predicted octanol–water partition coefficient (Wildman–Crippen LogP) is 2.94. The van der Waals surface area contributed by atoms with E-state index in [9.17, 15) is 14.9 Å². The van der Waals surface area contributed by atoms with Gasteiger partial charge >= 0.3 is 0 Å². The van der Waals surface area contributed by atoms with Gasteiger partial charge in [0.1, 0.15) is 12.4 Å². The van der Waals surface area contributed by atoms with Gasteiger partial charge in [-0.1, -0.05) is 12.1 Å². The van der Waals surface area contributed by atoms with E-state index in [-0.39, 0.29) is 11.6 Å². The SMILES string of the molecule is Cc1cc(C(=O)N2CCOc3ccccc32)ccc1[N+](=O)[O-]. The molecule has 3 rings (SSSR count). The van der Waals surface area contributed by atoms with Gasteiger partial charge in [0, 0.05) is 17.2 Å². The summed E-state index contributed by atoms with van der Waals surface area (Å²) < 4.78 is 5.53. The third-order valence-corrected chi connectivity index (χ3v) is 3.61. The molecule has 2 aromatic rings. The number of nitrogens with zero attached hydrogens (tertiary/aromatic N) is 2. The number of para-hydroxylation sites is 2. The van der Waals surface area contributed by atoms with Crippen LogP contribution in [0.2, 0.25) is 0 Å². The van der Waals surface area contributed by atoms with Crippen molar-refractivity contribution in [2.75, 3.05) is 18.1 Å². The normalized spacial score (nSPS) is 13.2. The minimum Gasteiger partial charge on any atom is -0.490 e. The molecule has 0 N–H and O–H groups in total. The molecular weight excluding hydrogens is 284 g/mol. The highest BCUT2D eigenvalue weighted by Gasteiger charge is 2.25. The van der Waals surface area contributed by atoms with Crippen molar-refractivity contribution in [3.05, 3.63) is 63.7 Å². The molecule has 0 radical (unpaired) electrons. The van der Waals surface area contributed by atoms with E-state index in [0.29, 0.717) is 30.0 Å². The zero-order valence-electron chi connectivity index (χ0n) is 12.0. The van der Waals surface area contributed by atoms with E-state index >= 15 is 0 Å². The molecule has 1 heterocycles. The number of ether oxygens (including phenoxy) is 1. The van der Waals surface area contributed by atoms with Crippen LogP contribution < -0.4 is 9.64 Å². The first-order chi connectivity index (χ1) is 10.6. The van der Waals surface area contributed by atoms with Crippen LogP contribution in [0.3, 0.4) is 0 Å². The molecule has 0 saturated heterocycles. The molecule has 0 unspecified atom stereocenters. The summed E-state index contributed by atoms with van der Waals surface area (Å²) in [4.78, 5) is 24.7. The molecule has 112 valence electrons. The minimum atomic E-state index is -0.451. The van der Waals surface area contributed by atoms with Crippen molar-refractivity contribution in [3.8, 4) is 5.75 Å². The number of nitro groups is 1. The molecule has 1 amide bonds. The molecule has 1 aliphatic rings. The fourth-order valence-corrected chi connectivity index (χ4v) is 2.53. The molecule has 0 atom stereocenters. The molecule has 0 bridgehead atoms. The Bertz CT molecular complexity index is 758. The smallest absolute Gasteiger partial charge is 0.272 e. The molecule has 6 heteroatoms. The number of rotatable bonds is 2. The number of nitro benzene ring substituents is 1. The maximum Gasteiger partial charge on any atom is 0.272 e. The number of hydrogen-bond donors (Lipinski definition) is 0. The van der Waals surface area contributed by atoms with Gasteiger partial charge in [0.25, 0.3) is 11.6 Å². The first-order valence-electron chi connectivity index (χ1n) is 6.86. The lowest BCUT2D eigenvalue weighted by atomic mass is 10.1. The Morgan fingerprint density at radius 2 is 2.05 bits per heavy atom. The molecule has 2 aromatic carbocycles. The molecule has 6 nitrogen and oxygen atoms in total. The van der Waals surface area contributed by atoms with Gasteiger partial charge in [-0.25, -0.2) is 0 Å². The van der Waals surface area contributed by atoms with Gasteiger partial charge < -0.3 is 9.64 Å². The second-order valence-corrected chi connectivity index (χ2v) is 5.03. The fraction of sp³-hybridized carbons (Fsp3) is 0.188. The topological polar surface area (TPSA) is 72.7 Å². The Morgan fingerprint density at radius 1 is 1.27 bits per heavy atom. The number of carbonyl (C=O) groups excluding carboxylic acids is 1. The molecule has 22 heavy (non-hydrogen) atoms. The van der Waals surface area contributed by atoms with Crippen molar-refractivity contribution in [3.63, 3.8) is 0 Å². The predicted molar refractivity (Wildman–Crippen MR) is 81.4 cm³/mol. The molecule has 0 spiro atoms. The molecule has 0 fully saturated rings. The number of anilines is 1. The van der Waals surface area contributed by atoms with E-state index in [2.05, 4.69) is 0 Å². The van der Waals surface area contributed by atoms with Crippen molar-refractivity contribution in [1.29, 1.82) is 0 Å². The van der Waals surface area contributed by atoms with Crippen LogP contribution in [0.15, 0.2) is 42.5 Å². The van der Waals surface area contributed by atoms with Crippen LogP contribution in [0.1, 0.15) is 15.9 Å². The first-order valence-corrected chi connectivity index (χ1v) is 6.86. The van der Waals surface area contributed by atoms with E-state index in [0.717, 1.165) is 5.69 Å². The van der Waals surface area contributed by atoms with E-state index < -0.39 is 4.92 Å². The number of fused-ring (bicyclic) bond motifs is 1. The average Bonchev–Trinajstić information content (AvgIpc) is 2.53. The quantitative estimate of drug-likeness (QED) is 0.631. The molecule has 0 saturated carbocycles. The maximum absolute atomic E-state index is 12.7. The minimum absolute atomic E-state index is 0.0129. The first kappa shape index (κ1) is 14.1. The summed E-state index contributed by atoms with van der Waals surface area (Å²) in [5, 5.41) is 10.9. The van der Waals surface area contributed by atoms with E-state index in [1.165, 1.54) is 12.1 Å². The van der Waals surface area contributed by atoms with E-state index in [1.807, 2.05) is 24.3 Å². The summed E-state index contributed by atoms with van der Waals surface area (Å²) in [5.74, 6) is 0.481. The standard InChI is InChI=1S/C16H14N2O4/c1-11-10-12(6-7-13(11)18(20)21)16(19)17-8-9-22-15-5-3-2-4-14(15)17/h2-7,10H,8-9H2,1H3. The van der Waals surface area contributed by atoms with Gasteiger partial charge in [-0.2, -0.15) is 0 Å². The summed E-state index contributed by atoms with van der Waals surface area (Å²) in [5.41, 5.74) is 1.63. The summed E-state index contributed by atoms with van der Waals surface area (Å²) in [6.45, 7) is 2.50. The third kappa shape index (κ3) is 2.39. The highest BCUT2D eigenvalue weighted by atomic mass is 16.6. The zero-order valence-corrected chi connectivity index (χ0v) is 12.0. The Morgan fingerprint density at radius 3 is 2.77 bits per heavy atom. The summed E-state index contributed by atoms with van der Waals surface area (Å²) in [6.07, 6.45) is 0. The second-order valence-electron chi connectivity index (χ2n) is 5.03. The zero-order chi connectivity index (χ0) is 15.7. The van der Waals surface area contributed by atoms with Gasteiger partial charge in [-0.15, -0.1) is 0 Å². The Kier molecular flexibility index (Phi) is 3.50. The van der Waals surface area contributed by atoms with Crippen LogP contribution in [0.5, 0.6) is 5.75 Å². The van der Waals surface area contributed by atoms with Gasteiger partial charge in [0.05, 0.1) is 17.2 Å². The van der Waals surface area contributed by atoms with Crippen molar-refractivity contribution in [2.45, 2.75) is 6.92 Å². The largest absolute Gasteiger partial charge is 0.490 e. The van der Waals surface area contributed by atoms with Crippen LogP contribution in [0.4, 0.5) is 11.4 Å². The Hall–Kier alpha value is -2.89. The molecule has 0 aromatic heterocycles. The maximum atomic E-state index is 12.7. The monoisotopic (exact) mass is 298 g/mol. The molecule has 0 aliphatic carbocycles. The van der Waals surface area contributed by atoms with Crippen LogP contribution in [-0.4, -0.2) is 24.0 Å². The van der Waals surface area contributed by atoms with Gasteiger partial charge in [0.15, 0.2) is 0 Å². The number of carbonyl (C=O) groups is 1. The number of hydrogen-bond acceptors (Lipinski definition) is 4. The second kappa shape index (κ2) is 5.48. The van der Waals surface area contributed by atoms with Crippen molar-refractivity contribution < 1.29 is 14.5 Å². The Labute approximate surface area is 127 Å². The highest BCUT2D eigenvalue weighted by molar-refractivity contribution is 6.07. The average molecular weight is 298 g/mol. The Balaban J connectivity index is 1.95. The summed E-state index contributed by atoms with van der Waals surface area (Å²) >= 11 is 0. The lowest BCUT2D eigenvalue weighted by Gasteiger charge is -2.29. The highest BCUT2D eigenvalue weighted by Crippen LogP contribution is 2.32. The lowest BCUT2D eigenvalue weighted by molar-refractivity contribution is -0.385. The van der Waals surface area contributed by atoms with E-state index in [4.69, 9.17) is 4.74 Å². The summed E-state index contributed by atoms with van der Waals surface area (Å²) in [6, 6.07) is 11.7. The fourth-order valence-electron chi connectivity index (χ4n) is 2.53. The van der Waals surface area contributed by atoms with Crippen molar-refractivity contribution in [1.82, 2.24) is 0 Å². The number of aryl methyl sites for hydroxylation is 1. The van der Waals surface area contributed by atoms with Gasteiger partial charge in [-0.05, 0) is 31.2 Å². The van der Waals surface area contributed by atoms with Crippen molar-refractivity contribution >= 4 is 17.3 Å². The third-order valence-electron chi connectivity index (χ3n) is 3.61. The van der Waals surface area contributed by atoms with Crippen LogP contribution in [0, 0.1) is 17.0 Å². The molecule has 1 aliphatic heterocycles. The van der Waals surface area contributed by atoms with Gasteiger partial charge in [0.2, 0.25) is 0 Å². The van der Waals surface area contributed by atoms with Gasteiger partial charge in [-0.3, -0.25) is 14.9 Å². The van der Waals surface area contributed by atoms with E-state index in [1.54, 1.807) is 17.9 Å². The van der Waals surface area contributed by atoms with Crippen LogP contribution in [-0.2, 0) is 0 Å². The van der Waals surface area contributed by atoms with Crippen molar-refractivity contribution in [2.24, 2.45) is 0 Å².